The predicted molar refractivity (Wildman–Crippen MR) is 74.8 cm³/mol. The molecule has 0 bridgehead atoms. The lowest BCUT2D eigenvalue weighted by atomic mass is 10.0. The fourth-order valence-corrected chi connectivity index (χ4v) is 2.76. The highest BCUT2D eigenvalue weighted by Crippen LogP contribution is 2.33. The Balaban J connectivity index is 2.29. The smallest absolute Gasteiger partial charge is 0.0471 e. The lowest BCUT2D eigenvalue weighted by molar-refractivity contribution is 0.494. The van der Waals surface area contributed by atoms with Gasteiger partial charge in [0, 0.05) is 35.9 Å². The fraction of sp³-hybridized carbons (Fsp3) is 0.571. The minimum Gasteiger partial charge on any atom is -0.371 e. The molecule has 0 amide bonds. The molecule has 0 spiro atoms. The van der Waals surface area contributed by atoms with Gasteiger partial charge < -0.3 is 10.2 Å². The molecule has 17 heavy (non-hydrogen) atoms. The van der Waals surface area contributed by atoms with Crippen molar-refractivity contribution < 1.29 is 0 Å². The Morgan fingerprint density at radius 2 is 1.94 bits per heavy atom. The van der Waals surface area contributed by atoms with Crippen molar-refractivity contribution in [2.45, 2.75) is 20.4 Å². The van der Waals surface area contributed by atoms with Crippen LogP contribution in [0.4, 0.5) is 5.69 Å². The van der Waals surface area contributed by atoms with Crippen molar-refractivity contribution in [3.63, 3.8) is 0 Å². The van der Waals surface area contributed by atoms with Gasteiger partial charge in [-0.3, -0.25) is 0 Å². The molecule has 3 heteroatoms. The average Bonchev–Trinajstić information content (AvgIpc) is 2.62. The Morgan fingerprint density at radius 3 is 2.53 bits per heavy atom. The van der Waals surface area contributed by atoms with Crippen LogP contribution in [-0.4, -0.2) is 20.1 Å². The van der Waals surface area contributed by atoms with Crippen molar-refractivity contribution in [2.75, 3.05) is 25.0 Å². The molecule has 0 aromatic heterocycles. The third kappa shape index (κ3) is 2.58. The van der Waals surface area contributed by atoms with Crippen LogP contribution in [0, 0.1) is 11.8 Å². The van der Waals surface area contributed by atoms with E-state index in [-0.39, 0.29) is 0 Å². The third-order valence-electron chi connectivity index (χ3n) is 3.78. The first-order chi connectivity index (χ1) is 8.13. The second-order valence-electron chi connectivity index (χ2n) is 5.13. The van der Waals surface area contributed by atoms with Crippen LogP contribution in [0.15, 0.2) is 18.2 Å². The van der Waals surface area contributed by atoms with Crippen LogP contribution in [-0.2, 0) is 6.54 Å². The predicted octanol–water partition coefficient (Wildman–Crippen LogP) is 3.15. The zero-order valence-electron chi connectivity index (χ0n) is 10.8. The van der Waals surface area contributed by atoms with Crippen LogP contribution in [0.3, 0.4) is 0 Å². The SMILES string of the molecule is CNCc1c(Cl)cccc1N1CC(C)C(C)C1. The zero-order valence-corrected chi connectivity index (χ0v) is 11.6. The van der Waals surface area contributed by atoms with Crippen molar-refractivity contribution in [3.8, 4) is 0 Å². The summed E-state index contributed by atoms with van der Waals surface area (Å²) in [7, 11) is 1.96. The molecule has 1 aromatic carbocycles. The van der Waals surface area contributed by atoms with Gasteiger partial charge in [0.15, 0.2) is 0 Å². The second kappa shape index (κ2) is 5.28. The fourth-order valence-electron chi connectivity index (χ4n) is 2.52. The normalized spacial score (nSPS) is 24.4. The Morgan fingerprint density at radius 1 is 1.29 bits per heavy atom. The molecule has 1 aliphatic rings. The zero-order chi connectivity index (χ0) is 12.4. The monoisotopic (exact) mass is 252 g/mol. The van der Waals surface area contributed by atoms with E-state index in [4.69, 9.17) is 11.6 Å². The molecule has 1 heterocycles. The molecule has 0 radical (unpaired) electrons. The number of nitrogens with one attached hydrogen (secondary N) is 1. The van der Waals surface area contributed by atoms with Crippen LogP contribution in [0.1, 0.15) is 19.4 Å². The first-order valence-electron chi connectivity index (χ1n) is 6.30. The van der Waals surface area contributed by atoms with Gasteiger partial charge in [0.2, 0.25) is 0 Å². The largest absolute Gasteiger partial charge is 0.371 e. The first kappa shape index (κ1) is 12.7. The number of rotatable bonds is 3. The molecule has 2 rings (SSSR count). The van der Waals surface area contributed by atoms with Gasteiger partial charge in [-0.2, -0.15) is 0 Å². The maximum absolute atomic E-state index is 6.29. The summed E-state index contributed by atoms with van der Waals surface area (Å²) in [6.45, 7) is 7.75. The summed E-state index contributed by atoms with van der Waals surface area (Å²) in [6.07, 6.45) is 0. The van der Waals surface area contributed by atoms with Gasteiger partial charge in [-0.05, 0) is 31.0 Å². The second-order valence-corrected chi connectivity index (χ2v) is 5.53. The summed E-state index contributed by atoms with van der Waals surface area (Å²) < 4.78 is 0. The minimum absolute atomic E-state index is 0.761. The van der Waals surface area contributed by atoms with E-state index >= 15 is 0 Å². The highest BCUT2D eigenvalue weighted by molar-refractivity contribution is 6.31. The summed E-state index contributed by atoms with van der Waals surface area (Å²) in [5.74, 6) is 1.52. The summed E-state index contributed by atoms with van der Waals surface area (Å²) >= 11 is 6.29. The van der Waals surface area contributed by atoms with Gasteiger partial charge in [-0.1, -0.05) is 31.5 Å². The lowest BCUT2D eigenvalue weighted by Gasteiger charge is -2.22. The Labute approximate surface area is 109 Å². The number of halogens is 1. The number of benzene rings is 1. The molecule has 0 saturated carbocycles. The van der Waals surface area contributed by atoms with Gasteiger partial charge in [-0.25, -0.2) is 0 Å². The van der Waals surface area contributed by atoms with Crippen LogP contribution in [0.5, 0.6) is 0 Å². The molecular weight excluding hydrogens is 232 g/mol. The Kier molecular flexibility index (Phi) is 3.95. The quantitative estimate of drug-likeness (QED) is 0.889. The van der Waals surface area contributed by atoms with Crippen molar-refractivity contribution in [1.29, 1.82) is 0 Å². The van der Waals surface area contributed by atoms with Crippen LogP contribution in [0.2, 0.25) is 5.02 Å². The van der Waals surface area contributed by atoms with Crippen LogP contribution in [0.25, 0.3) is 0 Å². The van der Waals surface area contributed by atoms with Gasteiger partial charge >= 0.3 is 0 Å². The van der Waals surface area contributed by atoms with E-state index in [2.05, 4.69) is 30.1 Å². The van der Waals surface area contributed by atoms with E-state index in [0.29, 0.717) is 0 Å². The summed E-state index contributed by atoms with van der Waals surface area (Å²) in [5, 5.41) is 4.06. The van der Waals surface area contributed by atoms with Gasteiger partial charge in [0.25, 0.3) is 0 Å². The number of nitrogens with zero attached hydrogens (tertiary/aromatic N) is 1. The van der Waals surface area contributed by atoms with Gasteiger partial charge in [-0.15, -0.1) is 0 Å². The maximum atomic E-state index is 6.29. The van der Waals surface area contributed by atoms with Crippen molar-refractivity contribution in [1.82, 2.24) is 5.32 Å². The highest BCUT2D eigenvalue weighted by Gasteiger charge is 2.27. The molecular formula is C14H21ClN2. The topological polar surface area (TPSA) is 15.3 Å². The molecule has 0 aliphatic carbocycles. The van der Waals surface area contributed by atoms with E-state index in [0.717, 1.165) is 36.5 Å². The molecule has 1 N–H and O–H groups in total. The van der Waals surface area contributed by atoms with Crippen molar-refractivity contribution in [2.24, 2.45) is 11.8 Å². The molecule has 2 atom stereocenters. The molecule has 2 nitrogen and oxygen atoms in total. The standard InChI is InChI=1S/C14H21ClN2/c1-10-8-17(9-11(10)2)14-6-4-5-13(15)12(14)7-16-3/h4-6,10-11,16H,7-9H2,1-3H3. The van der Waals surface area contributed by atoms with Crippen molar-refractivity contribution in [3.05, 3.63) is 28.8 Å². The molecule has 1 saturated heterocycles. The number of hydrogen-bond donors (Lipinski definition) is 1. The van der Waals surface area contributed by atoms with E-state index in [1.54, 1.807) is 0 Å². The van der Waals surface area contributed by atoms with Gasteiger partial charge in [0.05, 0.1) is 0 Å². The summed E-state index contributed by atoms with van der Waals surface area (Å²) in [5.41, 5.74) is 2.51. The lowest BCUT2D eigenvalue weighted by Crippen LogP contribution is -2.22. The molecule has 1 aromatic rings. The molecule has 1 aliphatic heterocycles. The minimum atomic E-state index is 0.761. The molecule has 2 unspecified atom stereocenters. The van der Waals surface area contributed by atoms with E-state index in [1.165, 1.54) is 11.3 Å². The number of anilines is 1. The highest BCUT2D eigenvalue weighted by atomic mass is 35.5. The molecule has 94 valence electrons. The van der Waals surface area contributed by atoms with Crippen LogP contribution < -0.4 is 10.2 Å². The first-order valence-corrected chi connectivity index (χ1v) is 6.68. The summed E-state index contributed by atoms with van der Waals surface area (Å²) in [4.78, 5) is 2.47. The van der Waals surface area contributed by atoms with Crippen molar-refractivity contribution >= 4 is 17.3 Å². The summed E-state index contributed by atoms with van der Waals surface area (Å²) in [6, 6.07) is 6.20. The van der Waals surface area contributed by atoms with E-state index in [9.17, 15) is 0 Å². The Hall–Kier alpha value is -0.730. The van der Waals surface area contributed by atoms with Gasteiger partial charge in [0.1, 0.15) is 0 Å². The average molecular weight is 253 g/mol. The third-order valence-corrected chi connectivity index (χ3v) is 4.13. The van der Waals surface area contributed by atoms with E-state index < -0.39 is 0 Å². The molecule has 1 fully saturated rings. The maximum Gasteiger partial charge on any atom is 0.0471 e. The number of hydrogen-bond acceptors (Lipinski definition) is 2. The van der Waals surface area contributed by atoms with Crippen LogP contribution >= 0.6 is 11.6 Å². The van der Waals surface area contributed by atoms with E-state index in [1.807, 2.05) is 19.2 Å². The Bertz CT molecular complexity index is 382.